The van der Waals surface area contributed by atoms with Gasteiger partial charge in [0.2, 0.25) is 15.9 Å². The lowest BCUT2D eigenvalue weighted by molar-refractivity contribution is -0.129. The Labute approximate surface area is 203 Å². The van der Waals surface area contributed by atoms with Gasteiger partial charge < -0.3 is 15.0 Å². The van der Waals surface area contributed by atoms with Gasteiger partial charge in [0.25, 0.3) is 5.91 Å². The molecule has 0 unspecified atom stereocenters. The van der Waals surface area contributed by atoms with Gasteiger partial charge in [-0.25, -0.2) is 18.1 Å². The summed E-state index contributed by atoms with van der Waals surface area (Å²) in [4.78, 5) is 29.8. The summed E-state index contributed by atoms with van der Waals surface area (Å²) in [6.45, 7) is 3.59. The molecule has 3 aromatic rings. The Morgan fingerprint density at radius 3 is 2.46 bits per heavy atom. The number of carbonyl (C=O) groups is 2. The van der Waals surface area contributed by atoms with Crippen molar-refractivity contribution in [3.8, 4) is 5.75 Å². The Balaban J connectivity index is 1.34. The zero-order chi connectivity index (χ0) is 24.8. The van der Waals surface area contributed by atoms with Crippen molar-refractivity contribution in [1.29, 1.82) is 0 Å². The first-order chi connectivity index (χ1) is 16.8. The van der Waals surface area contributed by atoms with Crippen LogP contribution in [0.3, 0.4) is 0 Å². The van der Waals surface area contributed by atoms with Crippen molar-refractivity contribution in [1.82, 2.24) is 24.0 Å². The summed E-state index contributed by atoms with van der Waals surface area (Å²) in [7, 11) is -3.71. The molecule has 0 saturated carbocycles. The molecule has 4 rings (SSSR count). The number of aromatic nitrogens is 3. The highest BCUT2D eigenvalue weighted by molar-refractivity contribution is 7.89. The van der Waals surface area contributed by atoms with E-state index in [0.29, 0.717) is 43.2 Å². The predicted octanol–water partition coefficient (Wildman–Crippen LogP) is 1.46. The minimum Gasteiger partial charge on any atom is -0.492 e. The van der Waals surface area contributed by atoms with Crippen LogP contribution in [0.5, 0.6) is 5.75 Å². The number of anilines is 1. The molecule has 2 aromatic carbocycles. The molecule has 35 heavy (non-hydrogen) atoms. The van der Waals surface area contributed by atoms with Gasteiger partial charge in [0.05, 0.1) is 11.4 Å². The summed E-state index contributed by atoms with van der Waals surface area (Å²) < 4.78 is 34.6. The maximum absolute atomic E-state index is 12.9. The third-order valence-corrected chi connectivity index (χ3v) is 7.50. The number of nitrogens with zero attached hydrogens (tertiary/aromatic N) is 5. The van der Waals surface area contributed by atoms with Crippen molar-refractivity contribution in [3.05, 3.63) is 66.7 Å². The van der Waals surface area contributed by atoms with E-state index in [4.69, 9.17) is 4.74 Å². The topological polar surface area (TPSA) is 127 Å². The van der Waals surface area contributed by atoms with Gasteiger partial charge >= 0.3 is 0 Å². The molecule has 0 radical (unpaired) electrons. The molecule has 0 aliphatic carbocycles. The maximum Gasteiger partial charge on any atom is 0.255 e. The van der Waals surface area contributed by atoms with Crippen molar-refractivity contribution in [2.45, 2.75) is 18.4 Å². The Morgan fingerprint density at radius 1 is 1.06 bits per heavy atom. The van der Waals surface area contributed by atoms with Gasteiger partial charge in [0.15, 0.2) is 0 Å². The van der Waals surface area contributed by atoms with E-state index in [2.05, 4.69) is 15.4 Å². The van der Waals surface area contributed by atoms with Crippen LogP contribution in [-0.4, -0.2) is 77.0 Å². The van der Waals surface area contributed by atoms with Gasteiger partial charge in [0.1, 0.15) is 25.0 Å². The normalized spacial score (nSPS) is 14.5. The van der Waals surface area contributed by atoms with Crippen molar-refractivity contribution < 1.29 is 22.7 Å². The molecular weight excluding hydrogens is 472 g/mol. The second kappa shape index (κ2) is 10.7. The highest BCUT2D eigenvalue weighted by Gasteiger charge is 2.29. The molecule has 1 N–H and O–H groups in total. The van der Waals surface area contributed by atoms with Crippen LogP contribution >= 0.6 is 0 Å². The highest BCUT2D eigenvalue weighted by Crippen LogP contribution is 2.21. The zero-order valence-corrected chi connectivity index (χ0v) is 20.0. The van der Waals surface area contributed by atoms with Gasteiger partial charge in [-0.1, -0.05) is 6.07 Å². The minimum absolute atomic E-state index is 0.0682. The van der Waals surface area contributed by atoms with E-state index in [0.717, 1.165) is 0 Å². The third kappa shape index (κ3) is 6.03. The zero-order valence-electron chi connectivity index (χ0n) is 19.2. The van der Waals surface area contributed by atoms with Crippen LogP contribution in [0.1, 0.15) is 17.3 Å². The van der Waals surface area contributed by atoms with Crippen LogP contribution < -0.4 is 10.1 Å². The van der Waals surface area contributed by atoms with Crippen LogP contribution in [0.15, 0.2) is 66.1 Å². The molecular formula is C23H26N6O5S. The third-order valence-electron chi connectivity index (χ3n) is 5.59. The molecule has 0 spiro atoms. The SMILES string of the molecule is CC(=O)N1CCN(S(=O)(=O)c2ccc(C(=O)Nc3cccc(OCCn4cncn4)c3)cc2)CC1. The highest BCUT2D eigenvalue weighted by atomic mass is 32.2. The summed E-state index contributed by atoms with van der Waals surface area (Å²) in [6, 6.07) is 12.8. The van der Waals surface area contributed by atoms with Crippen LogP contribution in [0.4, 0.5) is 5.69 Å². The number of nitrogens with one attached hydrogen (secondary N) is 1. The van der Waals surface area contributed by atoms with Gasteiger partial charge in [-0.05, 0) is 36.4 Å². The van der Waals surface area contributed by atoms with E-state index in [1.807, 2.05) is 0 Å². The van der Waals surface area contributed by atoms with Gasteiger partial charge in [0, 0.05) is 50.4 Å². The van der Waals surface area contributed by atoms with Crippen molar-refractivity contribution in [3.63, 3.8) is 0 Å². The van der Waals surface area contributed by atoms with Crippen LogP contribution in [-0.2, 0) is 21.4 Å². The molecule has 2 heterocycles. The number of amides is 2. The molecule has 1 aliphatic rings. The fraction of sp³-hybridized carbons (Fsp3) is 0.304. The fourth-order valence-corrected chi connectivity index (χ4v) is 5.07. The first kappa shape index (κ1) is 24.4. The first-order valence-corrected chi connectivity index (χ1v) is 12.5. The standard InChI is InChI=1S/C23H26N6O5S/c1-18(30)27-9-11-29(12-10-27)35(32,33)22-7-5-19(6-8-22)23(31)26-20-3-2-4-21(15-20)34-14-13-28-17-24-16-25-28/h2-8,15-17H,9-14H2,1H3,(H,26,31). The summed E-state index contributed by atoms with van der Waals surface area (Å²) in [5.74, 6) is 0.152. The maximum atomic E-state index is 12.9. The molecule has 1 aromatic heterocycles. The smallest absolute Gasteiger partial charge is 0.255 e. The minimum atomic E-state index is -3.71. The van der Waals surface area contributed by atoms with Gasteiger partial charge in [-0.2, -0.15) is 9.40 Å². The van der Waals surface area contributed by atoms with E-state index < -0.39 is 10.0 Å². The van der Waals surface area contributed by atoms with Gasteiger partial charge in [-0.15, -0.1) is 0 Å². The lowest BCUT2D eigenvalue weighted by Crippen LogP contribution is -2.49. The molecule has 1 aliphatic heterocycles. The number of sulfonamides is 1. The lowest BCUT2D eigenvalue weighted by atomic mass is 10.2. The Bertz CT molecular complexity index is 1270. The summed E-state index contributed by atoms with van der Waals surface area (Å²) in [5.41, 5.74) is 0.871. The molecule has 11 nitrogen and oxygen atoms in total. The van der Waals surface area contributed by atoms with Gasteiger partial charge in [-0.3, -0.25) is 9.59 Å². The molecule has 184 valence electrons. The molecule has 12 heteroatoms. The Morgan fingerprint density at radius 2 is 1.80 bits per heavy atom. The summed E-state index contributed by atoms with van der Waals surface area (Å²) in [6.07, 6.45) is 3.06. The quantitative estimate of drug-likeness (QED) is 0.498. The second-order valence-corrected chi connectivity index (χ2v) is 9.86. The van der Waals surface area contributed by atoms with E-state index in [9.17, 15) is 18.0 Å². The van der Waals surface area contributed by atoms with E-state index >= 15 is 0 Å². The first-order valence-electron chi connectivity index (χ1n) is 11.1. The van der Waals surface area contributed by atoms with Crippen molar-refractivity contribution in [2.24, 2.45) is 0 Å². The van der Waals surface area contributed by atoms with Crippen LogP contribution in [0.25, 0.3) is 0 Å². The van der Waals surface area contributed by atoms with E-state index in [1.54, 1.807) is 40.2 Å². The largest absolute Gasteiger partial charge is 0.492 e. The molecule has 0 atom stereocenters. The van der Waals surface area contributed by atoms with Crippen molar-refractivity contribution >= 4 is 27.5 Å². The number of carbonyl (C=O) groups excluding carboxylic acids is 2. The van der Waals surface area contributed by atoms with Crippen LogP contribution in [0, 0.1) is 0 Å². The number of rotatable bonds is 8. The summed E-state index contributed by atoms with van der Waals surface area (Å²) >= 11 is 0. The number of hydrogen-bond acceptors (Lipinski definition) is 7. The Kier molecular flexibility index (Phi) is 7.42. The summed E-state index contributed by atoms with van der Waals surface area (Å²) in [5, 5.41) is 6.80. The van der Waals surface area contributed by atoms with E-state index in [-0.39, 0.29) is 29.8 Å². The molecule has 2 amide bonds. The number of piperazine rings is 1. The number of hydrogen-bond donors (Lipinski definition) is 1. The lowest BCUT2D eigenvalue weighted by Gasteiger charge is -2.33. The molecule has 1 saturated heterocycles. The van der Waals surface area contributed by atoms with Crippen molar-refractivity contribution in [2.75, 3.05) is 38.1 Å². The Hall–Kier alpha value is -3.77. The molecule has 0 bridgehead atoms. The average molecular weight is 499 g/mol. The van der Waals surface area contributed by atoms with Crippen LogP contribution in [0.2, 0.25) is 0 Å². The monoisotopic (exact) mass is 498 g/mol. The average Bonchev–Trinajstić information content (AvgIpc) is 3.38. The second-order valence-electron chi connectivity index (χ2n) is 7.92. The van der Waals surface area contributed by atoms with E-state index in [1.165, 1.54) is 41.8 Å². The number of benzene rings is 2. The molecule has 1 fully saturated rings. The fourth-order valence-electron chi connectivity index (χ4n) is 3.64. The predicted molar refractivity (Wildman–Crippen MR) is 127 cm³/mol. The number of ether oxygens (including phenoxy) is 1.